The Morgan fingerprint density at radius 3 is 1.83 bits per heavy atom. The average Bonchev–Trinajstić information content (AvgIpc) is 2.34. The highest BCUT2D eigenvalue weighted by molar-refractivity contribution is 5.71. The van der Waals surface area contributed by atoms with Gasteiger partial charge in [0.15, 0.2) is 12.4 Å². The molecule has 0 saturated carbocycles. The molecule has 0 aliphatic rings. The zero-order valence-electron chi connectivity index (χ0n) is 9.03. The summed E-state index contributed by atoms with van der Waals surface area (Å²) in [5.41, 5.74) is 0. The van der Waals surface area contributed by atoms with E-state index in [0.717, 1.165) is 0 Å². The molecule has 0 aromatic heterocycles. The van der Waals surface area contributed by atoms with Crippen LogP contribution in [0.15, 0.2) is 0 Å². The maximum Gasteiger partial charge on any atom is 0.344 e. The van der Waals surface area contributed by atoms with E-state index < -0.39 is 47.4 Å². The molecule has 0 atom stereocenters. The average molecular weight is 270 g/mol. The van der Waals surface area contributed by atoms with Crippen molar-refractivity contribution in [2.75, 3.05) is 13.2 Å². The van der Waals surface area contributed by atoms with Gasteiger partial charge in [-0.1, -0.05) is 0 Å². The molecule has 0 saturated heterocycles. The van der Waals surface area contributed by atoms with Gasteiger partial charge < -0.3 is 9.47 Å². The lowest BCUT2D eigenvalue weighted by Gasteiger charge is -2.09. The first-order chi connectivity index (χ1) is 8.40. The van der Waals surface area contributed by atoms with Gasteiger partial charge in [-0.2, -0.15) is 8.78 Å². The van der Waals surface area contributed by atoms with E-state index in [1.807, 2.05) is 0 Å². The first kappa shape index (κ1) is 14.2. The Morgan fingerprint density at radius 2 is 1.39 bits per heavy atom. The van der Waals surface area contributed by atoms with Crippen molar-refractivity contribution in [1.29, 1.82) is 0 Å². The lowest BCUT2D eigenvalue weighted by atomic mass is 10.2. The Morgan fingerprint density at radius 1 is 0.944 bits per heavy atom. The molecule has 0 amide bonds. The largest absolute Gasteiger partial charge is 0.476 e. The van der Waals surface area contributed by atoms with Crippen LogP contribution in [0.2, 0.25) is 0 Å². The van der Waals surface area contributed by atoms with Gasteiger partial charge in [-0.25, -0.2) is 18.0 Å². The molecule has 0 heterocycles. The van der Waals surface area contributed by atoms with Gasteiger partial charge in [-0.15, -0.1) is 0 Å². The molecule has 0 radical (unpaired) electrons. The second-order valence-electron chi connectivity index (χ2n) is 2.99. The lowest BCUT2D eigenvalue weighted by Crippen LogP contribution is -2.17. The van der Waals surface area contributed by atoms with E-state index in [0.29, 0.717) is 0 Å². The summed E-state index contributed by atoms with van der Waals surface area (Å²) < 4.78 is 72.7. The Hall–Kier alpha value is -1.86. The third kappa shape index (κ3) is 2.69. The lowest BCUT2D eigenvalue weighted by molar-refractivity contribution is -0.145. The van der Waals surface area contributed by atoms with E-state index in [-0.39, 0.29) is 6.61 Å². The molecule has 100 valence electrons. The van der Waals surface area contributed by atoms with E-state index in [2.05, 4.69) is 9.47 Å². The monoisotopic (exact) mass is 270 g/mol. The fourth-order valence-corrected chi connectivity index (χ4v) is 1.05. The fourth-order valence-electron chi connectivity index (χ4n) is 1.05. The molecule has 0 fully saturated rings. The number of benzene rings is 1. The summed E-state index contributed by atoms with van der Waals surface area (Å²) in [6.45, 7) is 0.488. The van der Waals surface area contributed by atoms with Gasteiger partial charge >= 0.3 is 5.97 Å². The number of ether oxygens (including phenoxy) is 2. The first-order valence-corrected chi connectivity index (χ1v) is 4.70. The minimum atomic E-state index is -2.30. The van der Waals surface area contributed by atoms with Gasteiger partial charge in [0.25, 0.3) is 0 Å². The molecule has 0 spiro atoms. The highest BCUT2D eigenvalue weighted by Gasteiger charge is 2.27. The Kier molecular flexibility index (Phi) is 4.46. The quantitative estimate of drug-likeness (QED) is 0.364. The van der Waals surface area contributed by atoms with Crippen molar-refractivity contribution < 1.29 is 36.2 Å². The van der Waals surface area contributed by atoms with Gasteiger partial charge in [0.1, 0.15) is 0 Å². The third-order valence-electron chi connectivity index (χ3n) is 1.81. The summed E-state index contributed by atoms with van der Waals surface area (Å²) in [5.74, 6) is -13.4. The Labute approximate surface area is 98.1 Å². The van der Waals surface area contributed by atoms with Crippen molar-refractivity contribution >= 4 is 5.97 Å². The third-order valence-corrected chi connectivity index (χ3v) is 1.81. The van der Waals surface area contributed by atoms with E-state index >= 15 is 0 Å². The van der Waals surface area contributed by atoms with Crippen LogP contribution in [0.25, 0.3) is 0 Å². The molecular formula is C10H7F5O3. The summed E-state index contributed by atoms with van der Waals surface area (Å²) in [5, 5.41) is 0. The second-order valence-corrected chi connectivity index (χ2v) is 2.99. The molecule has 8 heteroatoms. The van der Waals surface area contributed by atoms with Crippen molar-refractivity contribution in [1.82, 2.24) is 0 Å². The minimum Gasteiger partial charge on any atom is -0.476 e. The number of hydrogen-bond acceptors (Lipinski definition) is 3. The van der Waals surface area contributed by atoms with Crippen LogP contribution in [0.5, 0.6) is 5.75 Å². The summed E-state index contributed by atoms with van der Waals surface area (Å²) in [4.78, 5) is 10.8. The van der Waals surface area contributed by atoms with Crippen LogP contribution in [0.3, 0.4) is 0 Å². The predicted molar refractivity (Wildman–Crippen MR) is 48.4 cm³/mol. The van der Waals surface area contributed by atoms with Gasteiger partial charge in [0, 0.05) is 0 Å². The smallest absolute Gasteiger partial charge is 0.344 e. The van der Waals surface area contributed by atoms with Crippen molar-refractivity contribution in [2.45, 2.75) is 6.92 Å². The van der Waals surface area contributed by atoms with E-state index in [1.165, 1.54) is 6.92 Å². The van der Waals surface area contributed by atoms with E-state index in [1.54, 1.807) is 0 Å². The maximum absolute atomic E-state index is 13.0. The number of rotatable bonds is 4. The molecule has 1 aromatic rings. The van der Waals surface area contributed by atoms with E-state index in [9.17, 15) is 26.7 Å². The highest BCUT2D eigenvalue weighted by atomic mass is 19.2. The van der Waals surface area contributed by atoms with Crippen molar-refractivity contribution in [3.05, 3.63) is 29.1 Å². The van der Waals surface area contributed by atoms with Gasteiger partial charge in [0.2, 0.25) is 29.1 Å². The molecule has 1 aromatic carbocycles. The number of halogens is 5. The minimum absolute atomic E-state index is 0.0146. The Bertz CT molecular complexity index is 446. The highest BCUT2D eigenvalue weighted by Crippen LogP contribution is 2.28. The molecule has 0 N–H and O–H groups in total. The van der Waals surface area contributed by atoms with Gasteiger partial charge in [-0.05, 0) is 6.92 Å². The standard InChI is InChI=1S/C10H7F5O3/c1-2-17-4(16)3-18-10-8(14)6(12)5(11)7(13)9(10)15/h2-3H2,1H3. The van der Waals surface area contributed by atoms with Gasteiger partial charge in [-0.3, -0.25) is 0 Å². The summed E-state index contributed by atoms with van der Waals surface area (Å²) >= 11 is 0. The summed E-state index contributed by atoms with van der Waals surface area (Å²) in [6, 6.07) is 0. The number of esters is 1. The SMILES string of the molecule is CCOC(=O)COc1c(F)c(F)c(F)c(F)c1F. The zero-order valence-corrected chi connectivity index (χ0v) is 9.03. The van der Waals surface area contributed by atoms with Crippen LogP contribution >= 0.6 is 0 Å². The second kappa shape index (κ2) is 5.65. The van der Waals surface area contributed by atoms with Crippen molar-refractivity contribution in [3.63, 3.8) is 0 Å². The fraction of sp³-hybridized carbons (Fsp3) is 0.300. The maximum atomic E-state index is 13.0. The molecule has 0 aliphatic carbocycles. The number of carbonyl (C=O) groups excluding carboxylic acids is 1. The molecular weight excluding hydrogens is 263 g/mol. The van der Waals surface area contributed by atoms with Gasteiger partial charge in [0.05, 0.1) is 6.61 Å². The van der Waals surface area contributed by atoms with Crippen LogP contribution < -0.4 is 4.74 Å². The molecule has 0 aliphatic heterocycles. The summed E-state index contributed by atoms with van der Waals surface area (Å²) in [6.07, 6.45) is 0. The first-order valence-electron chi connectivity index (χ1n) is 4.70. The zero-order chi connectivity index (χ0) is 13.9. The van der Waals surface area contributed by atoms with Crippen LogP contribution in [-0.2, 0) is 9.53 Å². The number of hydrogen-bond donors (Lipinski definition) is 0. The molecule has 18 heavy (non-hydrogen) atoms. The van der Waals surface area contributed by atoms with Crippen LogP contribution in [0.4, 0.5) is 22.0 Å². The van der Waals surface area contributed by atoms with Crippen LogP contribution in [0, 0.1) is 29.1 Å². The van der Waals surface area contributed by atoms with E-state index in [4.69, 9.17) is 0 Å². The van der Waals surface area contributed by atoms with Crippen molar-refractivity contribution in [2.24, 2.45) is 0 Å². The number of carbonyl (C=O) groups is 1. The topological polar surface area (TPSA) is 35.5 Å². The Balaban J connectivity index is 2.99. The normalized spacial score (nSPS) is 10.3. The molecule has 0 bridgehead atoms. The molecule has 3 nitrogen and oxygen atoms in total. The molecule has 1 rings (SSSR count). The predicted octanol–water partition coefficient (Wildman–Crippen LogP) is 2.32. The van der Waals surface area contributed by atoms with Crippen LogP contribution in [-0.4, -0.2) is 19.2 Å². The molecule has 0 unspecified atom stereocenters. The van der Waals surface area contributed by atoms with Crippen LogP contribution in [0.1, 0.15) is 6.92 Å². The van der Waals surface area contributed by atoms with Crippen molar-refractivity contribution in [3.8, 4) is 5.75 Å². The summed E-state index contributed by atoms with van der Waals surface area (Å²) in [7, 11) is 0.